The van der Waals surface area contributed by atoms with E-state index < -0.39 is 35.6 Å². The zero-order valence-corrected chi connectivity index (χ0v) is 28.9. The van der Waals surface area contributed by atoms with E-state index in [1.807, 2.05) is 42.5 Å². The molecule has 0 spiro atoms. The van der Waals surface area contributed by atoms with Gasteiger partial charge in [-0.15, -0.1) is 6.42 Å². The number of aromatic hydroxyl groups is 1. The van der Waals surface area contributed by atoms with Gasteiger partial charge in [0.1, 0.15) is 23.4 Å². The molecule has 8 heteroatoms. The lowest BCUT2D eigenvalue weighted by molar-refractivity contribution is -0.140. The molecule has 3 N–H and O–H groups in total. The van der Waals surface area contributed by atoms with Crippen LogP contribution >= 0.6 is 0 Å². The lowest BCUT2D eigenvalue weighted by Crippen LogP contribution is -2.53. The van der Waals surface area contributed by atoms with Gasteiger partial charge < -0.3 is 25.4 Å². The van der Waals surface area contributed by atoms with Gasteiger partial charge in [-0.2, -0.15) is 0 Å². The van der Waals surface area contributed by atoms with Gasteiger partial charge in [-0.05, 0) is 79.4 Å². The molecule has 0 aliphatic rings. The molecule has 3 amide bonds. The first-order chi connectivity index (χ1) is 23.5. The lowest BCUT2D eigenvalue weighted by atomic mass is 9.96. The number of hydrogen-bond acceptors (Lipinski definition) is 5. The van der Waals surface area contributed by atoms with Crippen molar-refractivity contribution in [2.24, 2.45) is 0 Å². The van der Waals surface area contributed by atoms with Crippen molar-refractivity contribution in [1.29, 1.82) is 0 Å². The van der Waals surface area contributed by atoms with Crippen LogP contribution in [0.25, 0.3) is 10.8 Å². The number of carbonyl (C=O) groups excluding carboxylic acids is 3. The van der Waals surface area contributed by atoms with Gasteiger partial charge in [-0.1, -0.05) is 99.2 Å². The van der Waals surface area contributed by atoms with Crippen molar-refractivity contribution >= 4 is 34.4 Å². The van der Waals surface area contributed by atoms with E-state index in [2.05, 4.69) is 23.5 Å². The van der Waals surface area contributed by atoms with Crippen LogP contribution < -0.4 is 10.6 Å². The highest BCUT2D eigenvalue weighted by Crippen LogP contribution is 2.29. The molecule has 0 aromatic heterocycles. The minimum absolute atomic E-state index is 0.0803. The summed E-state index contributed by atoms with van der Waals surface area (Å²) in [5.41, 5.74) is 1.47. The van der Waals surface area contributed by atoms with Gasteiger partial charge in [0.05, 0.1) is 0 Å². The van der Waals surface area contributed by atoms with Gasteiger partial charge in [0, 0.05) is 24.2 Å². The third-order valence-corrected chi connectivity index (χ3v) is 8.14. The predicted molar refractivity (Wildman–Crippen MR) is 195 cm³/mol. The predicted octanol–water partition coefficient (Wildman–Crippen LogP) is 8.14. The molecule has 4 aromatic carbocycles. The summed E-state index contributed by atoms with van der Waals surface area (Å²) in [5.74, 6) is 1.89. The zero-order valence-electron chi connectivity index (χ0n) is 28.9. The Morgan fingerprint density at radius 1 is 0.878 bits per heavy atom. The molecule has 0 fully saturated rings. The quantitative estimate of drug-likeness (QED) is 0.0934. The molecule has 4 aromatic rings. The Kier molecular flexibility index (Phi) is 12.8. The van der Waals surface area contributed by atoms with Crippen LogP contribution in [0.15, 0.2) is 91.0 Å². The number of nitrogens with zero attached hydrogens (tertiary/aromatic N) is 1. The van der Waals surface area contributed by atoms with Crippen LogP contribution in [0.5, 0.6) is 5.75 Å². The van der Waals surface area contributed by atoms with Crippen molar-refractivity contribution < 1.29 is 24.2 Å². The van der Waals surface area contributed by atoms with Crippen LogP contribution in [0.4, 0.5) is 10.5 Å². The van der Waals surface area contributed by atoms with E-state index in [-0.39, 0.29) is 18.7 Å². The number of phenolic OH excluding ortho intramolecular Hbond substituents is 1. The van der Waals surface area contributed by atoms with E-state index in [1.54, 1.807) is 62.1 Å². The topological polar surface area (TPSA) is 108 Å². The molecule has 49 heavy (non-hydrogen) atoms. The van der Waals surface area contributed by atoms with Crippen LogP contribution in [0.1, 0.15) is 82.5 Å². The number of unbranched alkanes of at least 4 members (excludes halogenated alkanes) is 4. The molecule has 2 unspecified atom stereocenters. The van der Waals surface area contributed by atoms with Crippen molar-refractivity contribution in [3.05, 3.63) is 108 Å². The number of anilines is 1. The Hall–Kier alpha value is -5.29. The van der Waals surface area contributed by atoms with E-state index in [0.29, 0.717) is 28.8 Å². The largest absolute Gasteiger partial charge is 0.508 e. The summed E-state index contributed by atoms with van der Waals surface area (Å²) in [5, 5.41) is 17.7. The number of hydrogen-bond donors (Lipinski definition) is 3. The highest BCUT2D eigenvalue weighted by Gasteiger charge is 2.37. The fourth-order valence-corrected chi connectivity index (χ4v) is 5.77. The molecule has 8 nitrogen and oxygen atoms in total. The van der Waals surface area contributed by atoms with Crippen LogP contribution in [-0.2, 0) is 20.7 Å². The minimum Gasteiger partial charge on any atom is -0.508 e. The SMILES string of the molecule is C#Cc1ccccc1C(C(=O)Nc1ccc2ccccc2c1)N(CCCCCCC)C(=O)C(Cc1ccc(O)cc1)NC(=O)OC(C)(C)C. The maximum Gasteiger partial charge on any atom is 0.408 e. The van der Waals surface area contributed by atoms with Gasteiger partial charge >= 0.3 is 6.09 Å². The van der Waals surface area contributed by atoms with Gasteiger partial charge in [0.15, 0.2) is 0 Å². The summed E-state index contributed by atoms with van der Waals surface area (Å²) in [4.78, 5) is 44.1. The number of amides is 3. The highest BCUT2D eigenvalue weighted by atomic mass is 16.6. The van der Waals surface area contributed by atoms with Crippen LogP contribution in [-0.4, -0.2) is 46.1 Å². The van der Waals surface area contributed by atoms with Gasteiger partial charge in [0.2, 0.25) is 5.91 Å². The first kappa shape index (κ1) is 36.5. The maximum absolute atomic E-state index is 14.9. The van der Waals surface area contributed by atoms with E-state index in [9.17, 15) is 19.5 Å². The molecule has 4 rings (SSSR count). The molecule has 0 saturated carbocycles. The number of terminal acetylenes is 1. The van der Waals surface area contributed by atoms with Gasteiger partial charge in [-0.3, -0.25) is 9.59 Å². The molecule has 0 radical (unpaired) electrons. The Labute approximate surface area is 289 Å². The number of ether oxygens (including phenoxy) is 1. The number of nitrogens with one attached hydrogen (secondary N) is 2. The second kappa shape index (κ2) is 17.2. The first-order valence-corrected chi connectivity index (χ1v) is 16.9. The van der Waals surface area contributed by atoms with E-state index in [4.69, 9.17) is 11.2 Å². The fraction of sp³-hybridized carbons (Fsp3) is 0.341. The van der Waals surface area contributed by atoms with Crippen molar-refractivity contribution in [3.63, 3.8) is 0 Å². The number of rotatable bonds is 14. The normalized spacial score (nSPS) is 12.4. The number of fused-ring (bicyclic) bond motifs is 1. The summed E-state index contributed by atoms with van der Waals surface area (Å²) >= 11 is 0. The number of phenols is 1. The molecule has 0 bridgehead atoms. The van der Waals surface area contributed by atoms with E-state index in [1.165, 1.54) is 12.1 Å². The lowest BCUT2D eigenvalue weighted by Gasteiger charge is -2.35. The smallest absolute Gasteiger partial charge is 0.408 e. The summed E-state index contributed by atoms with van der Waals surface area (Å²) in [6, 6.07) is 24.9. The zero-order chi connectivity index (χ0) is 35.4. The van der Waals surface area contributed by atoms with Crippen LogP contribution in [0.2, 0.25) is 0 Å². The Balaban J connectivity index is 1.78. The van der Waals surface area contributed by atoms with Crippen LogP contribution in [0.3, 0.4) is 0 Å². The summed E-state index contributed by atoms with van der Waals surface area (Å²) in [7, 11) is 0. The average Bonchev–Trinajstić information content (AvgIpc) is 3.07. The second-order valence-electron chi connectivity index (χ2n) is 13.2. The first-order valence-electron chi connectivity index (χ1n) is 16.9. The Morgan fingerprint density at radius 3 is 2.24 bits per heavy atom. The fourth-order valence-electron chi connectivity index (χ4n) is 5.77. The maximum atomic E-state index is 14.9. The van der Waals surface area contributed by atoms with Gasteiger partial charge in [0.25, 0.3) is 5.91 Å². The minimum atomic E-state index is -1.11. The molecule has 2 atom stereocenters. The molecular formula is C41H47N3O5. The molecule has 0 heterocycles. The van der Waals surface area contributed by atoms with Gasteiger partial charge in [-0.25, -0.2) is 4.79 Å². The monoisotopic (exact) mass is 661 g/mol. The Bertz CT molecular complexity index is 1770. The third kappa shape index (κ3) is 10.6. The average molecular weight is 662 g/mol. The molecule has 0 aliphatic heterocycles. The Morgan fingerprint density at radius 2 is 1.55 bits per heavy atom. The highest BCUT2D eigenvalue weighted by molar-refractivity contribution is 6.00. The number of benzene rings is 4. The second-order valence-corrected chi connectivity index (χ2v) is 13.2. The molecule has 0 aliphatic carbocycles. The van der Waals surface area contributed by atoms with Crippen molar-refractivity contribution in [2.45, 2.75) is 83.9 Å². The summed E-state index contributed by atoms with van der Waals surface area (Å²) in [6.07, 6.45) is 9.90. The van der Waals surface area contributed by atoms with Crippen LogP contribution in [0, 0.1) is 12.3 Å². The molecular weight excluding hydrogens is 614 g/mol. The number of alkyl carbamates (subject to hydrolysis) is 1. The number of carbonyl (C=O) groups is 3. The van der Waals surface area contributed by atoms with Crippen molar-refractivity contribution in [2.75, 3.05) is 11.9 Å². The van der Waals surface area contributed by atoms with E-state index in [0.717, 1.165) is 36.5 Å². The third-order valence-electron chi connectivity index (χ3n) is 8.14. The van der Waals surface area contributed by atoms with Crippen molar-refractivity contribution in [3.8, 4) is 18.1 Å². The molecule has 256 valence electrons. The summed E-state index contributed by atoms with van der Waals surface area (Å²) in [6.45, 7) is 7.62. The standard InChI is InChI=1S/C41H47N3O5/c1-6-8-9-10-15-26-44(39(47)36(43-40(48)49-41(3,4)5)27-29-20-24-34(45)25-21-29)37(35-19-14-13-16-30(35)7-2)38(46)42-33-23-22-31-17-11-12-18-32(31)28-33/h2,11-14,16-25,28,36-37,45H,6,8-10,15,26-27H2,1,3-5H3,(H,42,46)(H,43,48). The summed E-state index contributed by atoms with van der Waals surface area (Å²) < 4.78 is 5.56. The van der Waals surface area contributed by atoms with Crippen molar-refractivity contribution in [1.82, 2.24) is 10.2 Å². The van der Waals surface area contributed by atoms with E-state index >= 15 is 0 Å². The molecule has 0 saturated heterocycles.